The van der Waals surface area contributed by atoms with Gasteiger partial charge in [0.05, 0.1) is 27.7 Å². The van der Waals surface area contributed by atoms with Gasteiger partial charge in [-0.1, -0.05) is 117 Å². The van der Waals surface area contributed by atoms with Crippen molar-refractivity contribution >= 4 is 13.8 Å². The standard InChI is InChI=1S/C30H62NO6P/c1-7-9-10-11-12-13-14-15-16-17-18-19-20-21-22-23-24-29(27-36-28(3)32)26-30(25-8-2,31(4,5)6)37-38(33,34)35/h29H,7-27H2,1-6H3,(H-,33,34,35). The second-order valence-corrected chi connectivity index (χ2v) is 13.4. The first-order valence-corrected chi connectivity index (χ1v) is 17.1. The Labute approximate surface area is 235 Å². The van der Waals surface area contributed by atoms with Crippen molar-refractivity contribution in [3.05, 3.63) is 0 Å². The largest absolute Gasteiger partial charge is 0.756 e. The summed E-state index contributed by atoms with van der Waals surface area (Å²) in [4.78, 5) is 32.9. The Morgan fingerprint density at radius 3 is 1.58 bits per heavy atom. The maximum atomic E-state index is 11.8. The van der Waals surface area contributed by atoms with Crippen molar-refractivity contribution in [1.29, 1.82) is 0 Å². The normalized spacial score (nSPS) is 16.1. The lowest BCUT2D eigenvalue weighted by atomic mass is 9.88. The predicted octanol–water partition coefficient (Wildman–Crippen LogP) is 7.89. The average Bonchev–Trinajstić information content (AvgIpc) is 2.80. The van der Waals surface area contributed by atoms with E-state index in [1.54, 1.807) is 0 Å². The molecule has 0 fully saturated rings. The fourth-order valence-corrected chi connectivity index (χ4v) is 6.27. The van der Waals surface area contributed by atoms with Crippen LogP contribution in [0.5, 0.6) is 0 Å². The molecule has 0 spiro atoms. The van der Waals surface area contributed by atoms with Crippen LogP contribution in [0.2, 0.25) is 0 Å². The van der Waals surface area contributed by atoms with Crippen molar-refractivity contribution in [2.45, 2.75) is 155 Å². The summed E-state index contributed by atoms with van der Waals surface area (Å²) in [7, 11) is 0.688. The summed E-state index contributed by atoms with van der Waals surface area (Å²) in [5.41, 5.74) is -1.11. The molecule has 0 radical (unpaired) electrons. The number of hydrogen-bond acceptors (Lipinski definition) is 5. The molecule has 228 valence electrons. The highest BCUT2D eigenvalue weighted by molar-refractivity contribution is 7.44. The molecule has 38 heavy (non-hydrogen) atoms. The van der Waals surface area contributed by atoms with E-state index in [0.717, 1.165) is 19.3 Å². The smallest absolute Gasteiger partial charge is 0.302 e. The maximum absolute atomic E-state index is 11.8. The van der Waals surface area contributed by atoms with Gasteiger partial charge in [-0.05, 0) is 12.8 Å². The Hall–Kier alpha value is -0.460. The summed E-state index contributed by atoms with van der Waals surface area (Å²) in [5, 5.41) is 0. The van der Waals surface area contributed by atoms with Gasteiger partial charge >= 0.3 is 5.97 Å². The predicted molar refractivity (Wildman–Crippen MR) is 155 cm³/mol. The van der Waals surface area contributed by atoms with Crippen LogP contribution in [0.3, 0.4) is 0 Å². The van der Waals surface area contributed by atoms with E-state index < -0.39 is 13.5 Å². The molecule has 0 aromatic rings. The zero-order valence-electron chi connectivity index (χ0n) is 25.8. The van der Waals surface area contributed by atoms with Gasteiger partial charge in [-0.25, -0.2) is 0 Å². The molecule has 0 saturated heterocycles. The third kappa shape index (κ3) is 19.6. The molecule has 0 saturated carbocycles. The molecular formula is C30H62NO6P. The molecule has 0 aliphatic heterocycles. The van der Waals surface area contributed by atoms with E-state index in [2.05, 4.69) is 6.92 Å². The molecule has 3 unspecified atom stereocenters. The highest BCUT2D eigenvalue weighted by Gasteiger charge is 2.47. The van der Waals surface area contributed by atoms with Crippen LogP contribution in [0.15, 0.2) is 0 Å². The molecule has 8 heteroatoms. The molecule has 0 aromatic carbocycles. The molecule has 0 aliphatic rings. The summed E-state index contributed by atoms with van der Waals surface area (Å²) < 4.78 is 22.8. The summed E-state index contributed by atoms with van der Waals surface area (Å²) in [5.74, 6) is -0.383. The van der Waals surface area contributed by atoms with Gasteiger partial charge in [-0.3, -0.25) is 13.9 Å². The number of carbonyl (C=O) groups is 1. The molecule has 0 heterocycles. The number of carbonyl (C=O) groups excluding carboxylic acids is 1. The van der Waals surface area contributed by atoms with E-state index in [9.17, 15) is 19.1 Å². The lowest BCUT2D eigenvalue weighted by Gasteiger charge is -2.48. The Morgan fingerprint density at radius 2 is 1.24 bits per heavy atom. The Bertz CT molecular complexity index is 633. The number of hydrogen-bond donors (Lipinski definition) is 1. The molecule has 1 N–H and O–H groups in total. The van der Waals surface area contributed by atoms with Crippen molar-refractivity contribution in [1.82, 2.24) is 0 Å². The van der Waals surface area contributed by atoms with Gasteiger partial charge in [0.2, 0.25) is 5.72 Å². The fraction of sp³-hybridized carbons (Fsp3) is 0.967. The van der Waals surface area contributed by atoms with E-state index in [1.165, 1.54) is 96.8 Å². The number of phosphoric acid groups is 1. The van der Waals surface area contributed by atoms with Crippen LogP contribution in [-0.2, 0) is 18.6 Å². The zero-order valence-corrected chi connectivity index (χ0v) is 26.7. The lowest BCUT2D eigenvalue weighted by molar-refractivity contribution is -0.949. The van der Waals surface area contributed by atoms with Crippen LogP contribution in [-0.4, -0.2) is 48.8 Å². The van der Waals surface area contributed by atoms with Crippen LogP contribution >= 0.6 is 7.82 Å². The lowest BCUT2D eigenvalue weighted by Crippen LogP contribution is -2.59. The molecule has 0 amide bonds. The van der Waals surface area contributed by atoms with Gasteiger partial charge in [0, 0.05) is 25.7 Å². The van der Waals surface area contributed by atoms with Gasteiger partial charge in [-0.2, -0.15) is 0 Å². The van der Waals surface area contributed by atoms with Crippen LogP contribution < -0.4 is 4.89 Å². The highest BCUT2D eigenvalue weighted by atomic mass is 31.2. The van der Waals surface area contributed by atoms with E-state index >= 15 is 0 Å². The average molecular weight is 564 g/mol. The van der Waals surface area contributed by atoms with Crippen LogP contribution in [0.4, 0.5) is 0 Å². The molecule has 0 aromatic heterocycles. The van der Waals surface area contributed by atoms with Crippen molar-refractivity contribution in [3.8, 4) is 0 Å². The van der Waals surface area contributed by atoms with Gasteiger partial charge in [0.1, 0.15) is 0 Å². The molecule has 7 nitrogen and oxygen atoms in total. The maximum Gasteiger partial charge on any atom is 0.302 e. The van der Waals surface area contributed by atoms with Gasteiger partial charge < -0.3 is 19.0 Å². The summed E-state index contributed by atoms with van der Waals surface area (Å²) >= 11 is 0. The highest BCUT2D eigenvalue weighted by Crippen LogP contribution is 2.46. The Balaban J connectivity index is 4.41. The van der Waals surface area contributed by atoms with Gasteiger partial charge in [-0.15, -0.1) is 0 Å². The SMILES string of the molecule is CCCCCCCCCCCCCCCCCCC(COC(C)=O)CC(CCC)(OP(=O)([O-])O)[N+](C)(C)C. The van der Waals surface area contributed by atoms with Crippen molar-refractivity contribution in [3.63, 3.8) is 0 Å². The molecule has 0 aliphatic carbocycles. The van der Waals surface area contributed by atoms with Crippen LogP contribution in [0, 0.1) is 5.92 Å². The van der Waals surface area contributed by atoms with Crippen LogP contribution in [0.25, 0.3) is 0 Å². The molecule has 0 bridgehead atoms. The first-order valence-electron chi connectivity index (χ1n) is 15.6. The number of esters is 1. The number of quaternary nitrogens is 1. The minimum atomic E-state index is -4.95. The van der Waals surface area contributed by atoms with Gasteiger partial charge in [0.25, 0.3) is 7.82 Å². The minimum Gasteiger partial charge on any atom is -0.756 e. The second-order valence-electron chi connectivity index (χ2n) is 12.2. The summed E-state index contributed by atoms with van der Waals surface area (Å²) in [6, 6.07) is 0. The number of phosphoric ester groups is 1. The zero-order chi connectivity index (χ0) is 28.9. The van der Waals surface area contributed by atoms with Gasteiger partial charge in [0.15, 0.2) is 0 Å². The van der Waals surface area contributed by atoms with Crippen LogP contribution in [0.1, 0.15) is 149 Å². The summed E-state index contributed by atoms with van der Waals surface area (Å²) in [6.07, 6.45) is 23.4. The fourth-order valence-electron chi connectivity index (χ4n) is 5.43. The number of ether oxygens (including phenoxy) is 1. The quantitative estimate of drug-likeness (QED) is 0.0378. The molecule has 0 rings (SSSR count). The first kappa shape index (κ1) is 37.5. The topological polar surface area (TPSA) is 95.9 Å². The van der Waals surface area contributed by atoms with E-state index in [1.807, 2.05) is 28.1 Å². The first-order chi connectivity index (χ1) is 17.9. The summed E-state index contributed by atoms with van der Waals surface area (Å²) in [6.45, 7) is 5.86. The minimum absolute atomic E-state index is 0.0407. The van der Waals surface area contributed by atoms with Crippen molar-refractivity contribution in [2.24, 2.45) is 5.92 Å². The number of nitrogens with zero attached hydrogens (tertiary/aromatic N) is 1. The Morgan fingerprint density at radius 1 is 0.816 bits per heavy atom. The van der Waals surface area contributed by atoms with Crippen molar-refractivity contribution < 1.29 is 32.9 Å². The van der Waals surface area contributed by atoms with E-state index in [0.29, 0.717) is 19.3 Å². The monoisotopic (exact) mass is 563 g/mol. The Kier molecular flexibility index (Phi) is 21.1. The third-order valence-corrected chi connectivity index (χ3v) is 8.31. The van der Waals surface area contributed by atoms with E-state index in [4.69, 9.17) is 9.26 Å². The number of unbranched alkanes of at least 4 members (excludes halogenated alkanes) is 15. The third-order valence-electron chi connectivity index (χ3n) is 7.74. The van der Waals surface area contributed by atoms with Crippen molar-refractivity contribution in [2.75, 3.05) is 27.7 Å². The second kappa shape index (κ2) is 21.3. The van der Waals surface area contributed by atoms with E-state index in [-0.39, 0.29) is 23.0 Å². The number of rotatable bonds is 26. The molecule has 3 atom stereocenters. The molecular weight excluding hydrogens is 501 g/mol.